The van der Waals surface area contributed by atoms with Crippen LogP contribution in [0.2, 0.25) is 0 Å². The zero-order valence-electron chi connectivity index (χ0n) is 11.3. The number of hydrogen-bond acceptors (Lipinski definition) is 5. The molecule has 21 heavy (non-hydrogen) atoms. The van der Waals surface area contributed by atoms with Gasteiger partial charge in [-0.3, -0.25) is 4.79 Å². The molecule has 7 nitrogen and oxygen atoms in total. The van der Waals surface area contributed by atoms with Crippen LogP contribution in [0.15, 0.2) is 18.2 Å². The minimum absolute atomic E-state index is 0.0458. The molecular formula is C14H16N2O5. The molecule has 0 radical (unpaired) electrons. The molecule has 2 aliphatic rings. The van der Waals surface area contributed by atoms with Crippen molar-refractivity contribution in [2.45, 2.75) is 18.6 Å². The predicted molar refractivity (Wildman–Crippen MR) is 73.7 cm³/mol. The van der Waals surface area contributed by atoms with Crippen molar-refractivity contribution in [2.24, 2.45) is 0 Å². The highest BCUT2D eigenvalue weighted by Crippen LogP contribution is 2.35. The van der Waals surface area contributed by atoms with E-state index < -0.39 is 18.1 Å². The first-order chi connectivity index (χ1) is 10.1. The molecule has 0 saturated carbocycles. The van der Waals surface area contributed by atoms with Gasteiger partial charge >= 0.3 is 5.97 Å². The predicted octanol–water partition coefficient (Wildman–Crippen LogP) is -0.167. The number of rotatable bonds is 2. The number of β-amino-alcohol motifs (C(OH)–C–C–N with tert-alkyl or cyclic N) is 1. The van der Waals surface area contributed by atoms with Gasteiger partial charge in [-0.15, -0.1) is 0 Å². The number of carbonyl (C=O) groups excluding carboxylic acids is 1. The summed E-state index contributed by atoms with van der Waals surface area (Å²) in [4.78, 5) is 25.3. The van der Waals surface area contributed by atoms with Gasteiger partial charge in [0.05, 0.1) is 24.4 Å². The molecule has 0 spiro atoms. The molecule has 1 aromatic carbocycles. The summed E-state index contributed by atoms with van der Waals surface area (Å²) in [6, 6.07) is 4.27. The Morgan fingerprint density at radius 1 is 1.38 bits per heavy atom. The second-order valence-electron chi connectivity index (χ2n) is 5.15. The Balaban J connectivity index is 1.92. The van der Waals surface area contributed by atoms with E-state index in [0.29, 0.717) is 25.2 Å². The van der Waals surface area contributed by atoms with Crippen LogP contribution in [0.25, 0.3) is 0 Å². The molecule has 1 aromatic rings. The lowest BCUT2D eigenvalue weighted by molar-refractivity contribution is -0.120. The SMILES string of the molecule is O=C(O)c1cccc2c1OCCN2C(=O)C1CC(O)CN1. The number of aliphatic hydroxyl groups is 1. The van der Waals surface area contributed by atoms with E-state index in [1.54, 1.807) is 12.1 Å². The Hall–Kier alpha value is -2.12. The fourth-order valence-electron chi connectivity index (χ4n) is 2.74. The number of fused-ring (bicyclic) bond motifs is 1. The second-order valence-corrected chi connectivity index (χ2v) is 5.15. The van der Waals surface area contributed by atoms with E-state index >= 15 is 0 Å². The molecule has 0 aliphatic carbocycles. The van der Waals surface area contributed by atoms with Gasteiger partial charge in [-0.25, -0.2) is 4.79 Å². The van der Waals surface area contributed by atoms with Crippen LogP contribution in [0.5, 0.6) is 5.75 Å². The van der Waals surface area contributed by atoms with Crippen molar-refractivity contribution in [1.82, 2.24) is 5.32 Å². The standard InChI is InChI=1S/C14H16N2O5/c17-8-6-10(15-7-8)13(18)16-4-5-21-12-9(14(19)20)2-1-3-11(12)16/h1-3,8,10,15,17H,4-7H2,(H,19,20). The molecule has 7 heteroatoms. The van der Waals surface area contributed by atoms with Crippen LogP contribution in [0.4, 0.5) is 5.69 Å². The highest BCUT2D eigenvalue weighted by Gasteiger charge is 2.35. The summed E-state index contributed by atoms with van der Waals surface area (Å²) in [5, 5.41) is 21.7. The van der Waals surface area contributed by atoms with E-state index in [9.17, 15) is 19.8 Å². The van der Waals surface area contributed by atoms with Gasteiger partial charge in [-0.2, -0.15) is 0 Å². The van der Waals surface area contributed by atoms with Crippen LogP contribution < -0.4 is 15.0 Å². The number of ether oxygens (including phenoxy) is 1. The number of carboxylic acid groups (broad SMARTS) is 1. The first-order valence-corrected chi connectivity index (χ1v) is 6.80. The summed E-state index contributed by atoms with van der Waals surface area (Å²) in [6.45, 7) is 1.00. The molecule has 3 N–H and O–H groups in total. The van der Waals surface area contributed by atoms with E-state index in [1.807, 2.05) is 0 Å². The first kappa shape index (κ1) is 13.8. The summed E-state index contributed by atoms with van der Waals surface area (Å²) < 4.78 is 5.44. The van der Waals surface area contributed by atoms with Crippen LogP contribution in [0.1, 0.15) is 16.8 Å². The minimum atomic E-state index is -1.09. The molecule has 1 fully saturated rings. The fourth-order valence-corrected chi connectivity index (χ4v) is 2.74. The number of anilines is 1. The van der Waals surface area contributed by atoms with Gasteiger partial charge < -0.3 is 25.2 Å². The number of carboxylic acids is 1. The Morgan fingerprint density at radius 3 is 2.86 bits per heavy atom. The summed E-state index contributed by atoms with van der Waals surface area (Å²) in [6.07, 6.45) is -0.158. The van der Waals surface area contributed by atoms with Gasteiger partial charge in [0.2, 0.25) is 5.91 Å². The van der Waals surface area contributed by atoms with Crippen LogP contribution in [-0.2, 0) is 4.79 Å². The molecule has 2 heterocycles. The number of carbonyl (C=O) groups is 2. The van der Waals surface area contributed by atoms with Gasteiger partial charge in [-0.1, -0.05) is 6.07 Å². The molecule has 112 valence electrons. The zero-order valence-corrected chi connectivity index (χ0v) is 11.3. The lowest BCUT2D eigenvalue weighted by Crippen LogP contribution is -2.47. The number of benzene rings is 1. The van der Waals surface area contributed by atoms with E-state index in [4.69, 9.17) is 4.74 Å². The van der Waals surface area contributed by atoms with Crippen molar-refractivity contribution < 1.29 is 24.5 Å². The van der Waals surface area contributed by atoms with Gasteiger partial charge in [-0.05, 0) is 18.6 Å². The number of para-hydroxylation sites is 1. The summed E-state index contributed by atoms with van der Waals surface area (Å²) in [5.74, 6) is -1.03. The van der Waals surface area contributed by atoms with Crippen molar-refractivity contribution >= 4 is 17.6 Å². The smallest absolute Gasteiger partial charge is 0.339 e. The third kappa shape index (κ3) is 2.45. The third-order valence-corrected chi connectivity index (χ3v) is 3.75. The molecule has 3 rings (SSSR count). The average molecular weight is 292 g/mol. The molecule has 2 unspecified atom stereocenters. The van der Waals surface area contributed by atoms with Crippen LogP contribution >= 0.6 is 0 Å². The van der Waals surface area contributed by atoms with Crippen molar-refractivity contribution in [2.75, 3.05) is 24.6 Å². The van der Waals surface area contributed by atoms with E-state index in [-0.39, 0.29) is 23.8 Å². The highest BCUT2D eigenvalue weighted by atomic mass is 16.5. The van der Waals surface area contributed by atoms with Crippen molar-refractivity contribution in [3.8, 4) is 5.75 Å². The van der Waals surface area contributed by atoms with Gasteiger partial charge in [0.25, 0.3) is 0 Å². The molecule has 2 atom stereocenters. The zero-order chi connectivity index (χ0) is 15.0. The van der Waals surface area contributed by atoms with Crippen LogP contribution in [0.3, 0.4) is 0 Å². The maximum absolute atomic E-state index is 12.5. The Kier molecular flexibility index (Phi) is 3.52. The first-order valence-electron chi connectivity index (χ1n) is 6.80. The molecule has 2 aliphatic heterocycles. The Bertz CT molecular complexity index is 589. The summed E-state index contributed by atoms with van der Waals surface area (Å²) in [5.41, 5.74) is 0.513. The van der Waals surface area contributed by atoms with E-state index in [2.05, 4.69) is 5.32 Å². The van der Waals surface area contributed by atoms with Gasteiger partial charge in [0.1, 0.15) is 12.2 Å². The number of aliphatic hydroxyl groups excluding tert-OH is 1. The summed E-state index contributed by atoms with van der Waals surface area (Å²) in [7, 11) is 0. The van der Waals surface area contributed by atoms with Crippen LogP contribution in [-0.4, -0.2) is 53.9 Å². The topological polar surface area (TPSA) is 99.1 Å². The fraction of sp³-hybridized carbons (Fsp3) is 0.429. The minimum Gasteiger partial charge on any atom is -0.489 e. The molecule has 0 bridgehead atoms. The number of nitrogens with one attached hydrogen (secondary N) is 1. The molecule has 1 amide bonds. The van der Waals surface area contributed by atoms with E-state index in [0.717, 1.165) is 0 Å². The largest absolute Gasteiger partial charge is 0.489 e. The lowest BCUT2D eigenvalue weighted by atomic mass is 10.1. The normalized spacial score (nSPS) is 24.3. The highest BCUT2D eigenvalue weighted by molar-refractivity contribution is 6.02. The van der Waals surface area contributed by atoms with Gasteiger partial charge in [0.15, 0.2) is 5.75 Å². The monoisotopic (exact) mass is 292 g/mol. The number of amides is 1. The Labute approximate surface area is 121 Å². The second kappa shape index (κ2) is 5.34. The number of aromatic carboxylic acids is 1. The third-order valence-electron chi connectivity index (χ3n) is 3.75. The van der Waals surface area contributed by atoms with E-state index in [1.165, 1.54) is 11.0 Å². The average Bonchev–Trinajstić information content (AvgIpc) is 2.91. The molecule has 0 aromatic heterocycles. The quantitative estimate of drug-likeness (QED) is 0.700. The van der Waals surface area contributed by atoms with Crippen molar-refractivity contribution in [1.29, 1.82) is 0 Å². The summed E-state index contributed by atoms with van der Waals surface area (Å²) >= 11 is 0. The molecule has 1 saturated heterocycles. The Morgan fingerprint density at radius 2 is 2.19 bits per heavy atom. The lowest BCUT2D eigenvalue weighted by Gasteiger charge is -2.32. The molecular weight excluding hydrogens is 276 g/mol. The van der Waals surface area contributed by atoms with Crippen molar-refractivity contribution in [3.05, 3.63) is 23.8 Å². The number of hydrogen-bond donors (Lipinski definition) is 3. The van der Waals surface area contributed by atoms with Gasteiger partial charge in [0, 0.05) is 6.54 Å². The number of nitrogens with zero attached hydrogens (tertiary/aromatic N) is 1. The maximum atomic E-state index is 12.5. The maximum Gasteiger partial charge on any atom is 0.339 e. The van der Waals surface area contributed by atoms with Crippen molar-refractivity contribution in [3.63, 3.8) is 0 Å². The van der Waals surface area contributed by atoms with Crippen LogP contribution in [0, 0.1) is 0 Å².